The summed E-state index contributed by atoms with van der Waals surface area (Å²) in [6.45, 7) is 6.47. The third-order valence-corrected chi connectivity index (χ3v) is 5.33. The van der Waals surface area contributed by atoms with Crippen LogP contribution in [0, 0.1) is 0 Å². The molecule has 6 heteroatoms. The normalized spacial score (nSPS) is 19.0. The zero-order valence-corrected chi connectivity index (χ0v) is 13.6. The predicted octanol–water partition coefficient (Wildman–Crippen LogP) is 2.17. The molecule has 0 unspecified atom stereocenters. The molecule has 1 N–H and O–H groups in total. The summed E-state index contributed by atoms with van der Waals surface area (Å²) in [7, 11) is -3.55. The van der Waals surface area contributed by atoms with E-state index < -0.39 is 10.0 Å². The van der Waals surface area contributed by atoms with E-state index in [2.05, 4.69) is 18.2 Å². The van der Waals surface area contributed by atoms with Crippen LogP contribution < -0.4 is 4.72 Å². The molecule has 1 aliphatic heterocycles. The van der Waals surface area contributed by atoms with Gasteiger partial charge in [-0.1, -0.05) is 6.08 Å². The maximum Gasteiger partial charge on any atom is 0.254 e. The third-order valence-electron chi connectivity index (χ3n) is 3.89. The molecule has 1 aromatic carbocycles. The molecule has 5 nitrogen and oxygen atoms in total. The molecule has 120 valence electrons. The average Bonchev–Trinajstić information content (AvgIpc) is 2.53. The number of piperidine rings is 1. The molecule has 0 bridgehead atoms. The molecule has 1 fully saturated rings. The van der Waals surface area contributed by atoms with Crippen molar-refractivity contribution in [2.24, 2.45) is 0 Å². The summed E-state index contributed by atoms with van der Waals surface area (Å²) in [5.41, 5.74) is 0.524. The van der Waals surface area contributed by atoms with Crippen molar-refractivity contribution in [2.45, 2.75) is 37.1 Å². The van der Waals surface area contributed by atoms with Crippen LogP contribution in [0.15, 0.2) is 41.8 Å². The van der Waals surface area contributed by atoms with E-state index in [9.17, 15) is 13.2 Å². The lowest BCUT2D eigenvalue weighted by molar-refractivity contribution is 0.0635. The van der Waals surface area contributed by atoms with E-state index in [1.54, 1.807) is 12.1 Å². The van der Waals surface area contributed by atoms with Crippen molar-refractivity contribution >= 4 is 15.9 Å². The van der Waals surface area contributed by atoms with Gasteiger partial charge in [0, 0.05) is 24.7 Å². The van der Waals surface area contributed by atoms with Gasteiger partial charge in [0.05, 0.1) is 4.90 Å². The molecule has 1 aromatic rings. The summed E-state index contributed by atoms with van der Waals surface area (Å²) in [5, 5.41) is 0. The van der Waals surface area contributed by atoms with Crippen LogP contribution in [-0.4, -0.2) is 38.4 Å². The molecule has 1 atom stereocenters. The minimum absolute atomic E-state index is 0.0322. The van der Waals surface area contributed by atoms with Gasteiger partial charge in [-0.25, -0.2) is 13.1 Å². The van der Waals surface area contributed by atoms with E-state index in [0.717, 1.165) is 25.8 Å². The Hall–Kier alpha value is -1.66. The number of amides is 1. The number of nitrogens with zero attached hydrogens (tertiary/aromatic N) is 1. The van der Waals surface area contributed by atoms with E-state index in [4.69, 9.17) is 0 Å². The molecular weight excluding hydrogens is 300 g/mol. The van der Waals surface area contributed by atoms with Crippen LogP contribution in [-0.2, 0) is 10.0 Å². The molecular formula is C16H22N2O3S. The standard InChI is InChI=1S/C16H22N2O3S/c1-3-11-17-22(20,21)15-9-7-14(8-10-15)16(19)18-12-5-4-6-13(18)2/h3,7-10,13,17H,1,4-6,11-12H2,2H3/t13-/m1/s1. The SMILES string of the molecule is C=CCNS(=O)(=O)c1ccc(C(=O)N2CCCC[C@H]2C)cc1. The van der Waals surface area contributed by atoms with Gasteiger partial charge in [0.25, 0.3) is 5.91 Å². The summed E-state index contributed by atoms with van der Waals surface area (Å²) in [4.78, 5) is 14.5. The molecule has 1 aliphatic rings. The van der Waals surface area contributed by atoms with Crippen molar-refractivity contribution in [1.29, 1.82) is 0 Å². The summed E-state index contributed by atoms with van der Waals surface area (Å²) >= 11 is 0. The second-order valence-corrected chi connectivity index (χ2v) is 7.28. The van der Waals surface area contributed by atoms with Crippen molar-refractivity contribution in [1.82, 2.24) is 9.62 Å². The third kappa shape index (κ3) is 3.75. The summed E-state index contributed by atoms with van der Waals surface area (Å²) < 4.78 is 26.3. The lowest BCUT2D eigenvalue weighted by atomic mass is 10.0. The molecule has 22 heavy (non-hydrogen) atoms. The van der Waals surface area contributed by atoms with Crippen molar-refractivity contribution in [3.8, 4) is 0 Å². The number of benzene rings is 1. The van der Waals surface area contributed by atoms with Crippen LogP contribution in [0.1, 0.15) is 36.5 Å². The first-order valence-corrected chi connectivity index (χ1v) is 8.95. The molecule has 1 amide bonds. The molecule has 0 spiro atoms. The lowest BCUT2D eigenvalue weighted by Crippen LogP contribution is -2.42. The molecule has 2 rings (SSSR count). The van der Waals surface area contributed by atoms with Crippen LogP contribution in [0.2, 0.25) is 0 Å². The van der Waals surface area contributed by atoms with Gasteiger partial charge in [0.15, 0.2) is 0 Å². The molecule has 1 heterocycles. The van der Waals surface area contributed by atoms with E-state index in [1.807, 2.05) is 4.90 Å². The lowest BCUT2D eigenvalue weighted by Gasteiger charge is -2.33. The number of carbonyl (C=O) groups excluding carboxylic acids is 1. The molecule has 0 aliphatic carbocycles. The highest BCUT2D eigenvalue weighted by Crippen LogP contribution is 2.20. The zero-order chi connectivity index (χ0) is 16.2. The Morgan fingerprint density at radius 1 is 1.36 bits per heavy atom. The van der Waals surface area contributed by atoms with Gasteiger partial charge in [0.1, 0.15) is 0 Å². The summed E-state index contributed by atoms with van der Waals surface area (Å²) in [6.07, 6.45) is 4.67. The Kier molecular flexibility index (Phi) is 5.37. The first-order valence-electron chi connectivity index (χ1n) is 7.47. The maximum absolute atomic E-state index is 12.5. The monoisotopic (exact) mass is 322 g/mol. The maximum atomic E-state index is 12.5. The van der Waals surface area contributed by atoms with Crippen LogP contribution >= 0.6 is 0 Å². The number of nitrogens with one attached hydrogen (secondary N) is 1. The molecule has 1 saturated heterocycles. The second kappa shape index (κ2) is 7.07. The van der Waals surface area contributed by atoms with Gasteiger partial charge >= 0.3 is 0 Å². The summed E-state index contributed by atoms with van der Waals surface area (Å²) in [6, 6.07) is 6.32. The Bertz CT molecular complexity index is 638. The number of carbonyl (C=O) groups is 1. The quantitative estimate of drug-likeness (QED) is 0.845. The second-order valence-electron chi connectivity index (χ2n) is 5.51. The fourth-order valence-corrected chi connectivity index (χ4v) is 3.59. The zero-order valence-electron chi connectivity index (χ0n) is 12.8. The highest BCUT2D eigenvalue weighted by Gasteiger charge is 2.24. The Morgan fingerprint density at radius 3 is 2.64 bits per heavy atom. The van der Waals surface area contributed by atoms with E-state index in [0.29, 0.717) is 5.56 Å². The Labute approximate surface area is 132 Å². The van der Waals surface area contributed by atoms with Crippen LogP contribution in [0.25, 0.3) is 0 Å². The van der Waals surface area contributed by atoms with E-state index in [1.165, 1.54) is 18.2 Å². The number of hydrogen-bond donors (Lipinski definition) is 1. The van der Waals surface area contributed by atoms with Crippen molar-refractivity contribution < 1.29 is 13.2 Å². The van der Waals surface area contributed by atoms with Gasteiger partial charge in [-0.05, 0) is 50.5 Å². The Morgan fingerprint density at radius 2 is 2.05 bits per heavy atom. The van der Waals surface area contributed by atoms with Crippen LogP contribution in [0.3, 0.4) is 0 Å². The predicted molar refractivity (Wildman–Crippen MR) is 86.2 cm³/mol. The Balaban J connectivity index is 2.14. The van der Waals surface area contributed by atoms with E-state index >= 15 is 0 Å². The van der Waals surface area contributed by atoms with Crippen molar-refractivity contribution in [3.63, 3.8) is 0 Å². The fraction of sp³-hybridized carbons (Fsp3) is 0.438. The largest absolute Gasteiger partial charge is 0.336 e. The topological polar surface area (TPSA) is 66.5 Å². The van der Waals surface area contributed by atoms with Gasteiger partial charge in [0.2, 0.25) is 10.0 Å². The van der Waals surface area contributed by atoms with E-state index in [-0.39, 0.29) is 23.4 Å². The minimum Gasteiger partial charge on any atom is -0.336 e. The number of likely N-dealkylation sites (tertiary alicyclic amines) is 1. The van der Waals surface area contributed by atoms with Gasteiger partial charge in [-0.2, -0.15) is 0 Å². The van der Waals surface area contributed by atoms with Crippen molar-refractivity contribution in [2.75, 3.05) is 13.1 Å². The number of rotatable bonds is 5. The van der Waals surface area contributed by atoms with Gasteiger partial charge in [-0.15, -0.1) is 6.58 Å². The minimum atomic E-state index is -3.55. The average molecular weight is 322 g/mol. The van der Waals surface area contributed by atoms with Crippen LogP contribution in [0.5, 0.6) is 0 Å². The number of sulfonamides is 1. The van der Waals surface area contributed by atoms with Crippen molar-refractivity contribution in [3.05, 3.63) is 42.5 Å². The smallest absolute Gasteiger partial charge is 0.254 e. The van der Waals surface area contributed by atoms with Gasteiger partial charge in [-0.3, -0.25) is 4.79 Å². The summed E-state index contributed by atoms with van der Waals surface area (Å²) in [5.74, 6) is -0.0322. The van der Waals surface area contributed by atoms with Gasteiger partial charge < -0.3 is 4.90 Å². The fourth-order valence-electron chi connectivity index (χ4n) is 2.59. The first-order chi connectivity index (χ1) is 10.5. The molecule has 0 aromatic heterocycles. The van der Waals surface area contributed by atoms with Crippen LogP contribution in [0.4, 0.5) is 0 Å². The highest BCUT2D eigenvalue weighted by atomic mass is 32.2. The highest BCUT2D eigenvalue weighted by molar-refractivity contribution is 7.89. The molecule has 0 radical (unpaired) electrons. The first kappa shape index (κ1) is 16.7. The number of hydrogen-bond acceptors (Lipinski definition) is 3. The molecule has 0 saturated carbocycles.